The number of rotatable bonds is 7. The predicted molar refractivity (Wildman–Crippen MR) is 74.6 cm³/mol. The van der Waals surface area contributed by atoms with E-state index in [1.165, 1.54) is 22.5 Å². The maximum Gasteiger partial charge on any atom is 0.245 e. The summed E-state index contributed by atoms with van der Waals surface area (Å²) in [7, 11) is -3.66. The Kier molecular flexibility index (Phi) is 5.80. The monoisotopic (exact) mass is 334 g/mol. The zero-order valence-electron chi connectivity index (χ0n) is 9.71. The van der Waals surface area contributed by atoms with Gasteiger partial charge < -0.3 is 0 Å². The van der Waals surface area contributed by atoms with Crippen molar-refractivity contribution in [2.24, 2.45) is 0 Å². The lowest BCUT2D eigenvalue weighted by Gasteiger charge is -2.20. The highest BCUT2D eigenvalue weighted by molar-refractivity contribution is 9.09. The molecule has 0 aromatic heterocycles. The fraction of sp³-hybridized carbons (Fsp3) is 0.273. The number of hydrogen-bond acceptors (Lipinski definition) is 4. The standard InChI is InChI=1S/C11H15BrN2O3S/c1-2-8-14(9-7-12)18(16,17)11-6-4-3-5-10(11)13-15/h2-6,13,15H,1,7-9H2. The molecule has 0 heterocycles. The first-order valence-electron chi connectivity index (χ1n) is 5.24. The lowest BCUT2D eigenvalue weighted by Crippen LogP contribution is -2.33. The van der Waals surface area contributed by atoms with Gasteiger partial charge in [-0.1, -0.05) is 34.1 Å². The third kappa shape index (κ3) is 3.32. The average Bonchev–Trinajstić information content (AvgIpc) is 2.38. The number of nitrogens with zero attached hydrogens (tertiary/aromatic N) is 1. The van der Waals surface area contributed by atoms with Gasteiger partial charge in [0.2, 0.25) is 10.0 Å². The van der Waals surface area contributed by atoms with Gasteiger partial charge in [0, 0.05) is 18.4 Å². The molecule has 1 aromatic carbocycles. The van der Waals surface area contributed by atoms with Crippen LogP contribution in [0.25, 0.3) is 0 Å². The van der Waals surface area contributed by atoms with Crippen molar-refractivity contribution in [1.29, 1.82) is 0 Å². The van der Waals surface area contributed by atoms with Crippen molar-refractivity contribution in [3.63, 3.8) is 0 Å². The summed E-state index contributed by atoms with van der Waals surface area (Å²) in [6.45, 7) is 4.09. The fourth-order valence-electron chi connectivity index (χ4n) is 1.47. The molecule has 0 atom stereocenters. The van der Waals surface area contributed by atoms with Crippen molar-refractivity contribution < 1.29 is 13.6 Å². The minimum atomic E-state index is -3.66. The SMILES string of the molecule is C=CCN(CCBr)S(=O)(=O)c1ccccc1NO. The smallest absolute Gasteiger partial charge is 0.245 e. The first-order valence-corrected chi connectivity index (χ1v) is 7.80. The fourth-order valence-corrected chi connectivity index (χ4v) is 3.69. The first kappa shape index (κ1) is 15.2. The average molecular weight is 335 g/mol. The summed E-state index contributed by atoms with van der Waals surface area (Å²) in [6.07, 6.45) is 1.52. The Morgan fingerprint density at radius 3 is 2.67 bits per heavy atom. The Morgan fingerprint density at radius 2 is 2.11 bits per heavy atom. The van der Waals surface area contributed by atoms with E-state index in [1.54, 1.807) is 12.1 Å². The van der Waals surface area contributed by atoms with Crippen molar-refractivity contribution in [3.8, 4) is 0 Å². The van der Waals surface area contributed by atoms with Gasteiger partial charge in [-0.15, -0.1) is 6.58 Å². The van der Waals surface area contributed by atoms with Crippen LogP contribution in [0.15, 0.2) is 41.8 Å². The summed E-state index contributed by atoms with van der Waals surface area (Å²) in [6, 6.07) is 6.18. The summed E-state index contributed by atoms with van der Waals surface area (Å²) in [4.78, 5) is 0.0373. The lowest BCUT2D eigenvalue weighted by molar-refractivity contribution is 0.386. The normalized spacial score (nSPS) is 11.5. The summed E-state index contributed by atoms with van der Waals surface area (Å²) in [5.41, 5.74) is 2.05. The number of hydrogen-bond donors (Lipinski definition) is 2. The second-order valence-corrected chi connectivity index (χ2v) is 6.15. The van der Waals surface area contributed by atoms with Gasteiger partial charge >= 0.3 is 0 Å². The molecule has 0 saturated heterocycles. The summed E-state index contributed by atoms with van der Waals surface area (Å²) in [5, 5.41) is 9.48. The Balaban J connectivity index is 3.21. The third-order valence-electron chi connectivity index (χ3n) is 2.29. The zero-order valence-corrected chi connectivity index (χ0v) is 12.1. The molecule has 100 valence electrons. The van der Waals surface area contributed by atoms with Gasteiger partial charge in [0.1, 0.15) is 4.90 Å². The van der Waals surface area contributed by atoms with E-state index in [1.807, 2.05) is 5.48 Å². The van der Waals surface area contributed by atoms with Crippen molar-refractivity contribution in [2.75, 3.05) is 23.9 Å². The van der Waals surface area contributed by atoms with E-state index < -0.39 is 10.0 Å². The molecule has 1 aromatic rings. The highest BCUT2D eigenvalue weighted by Crippen LogP contribution is 2.23. The molecule has 2 N–H and O–H groups in total. The van der Waals surface area contributed by atoms with Gasteiger partial charge in [0.15, 0.2) is 0 Å². The number of halogens is 1. The van der Waals surface area contributed by atoms with Crippen molar-refractivity contribution in [2.45, 2.75) is 4.90 Å². The van der Waals surface area contributed by atoms with Crippen LogP contribution in [0.2, 0.25) is 0 Å². The van der Waals surface area contributed by atoms with E-state index in [0.717, 1.165) is 0 Å². The van der Waals surface area contributed by atoms with Gasteiger partial charge in [-0.2, -0.15) is 4.31 Å². The molecule has 1 rings (SSSR count). The summed E-state index contributed by atoms with van der Waals surface area (Å²) < 4.78 is 26.1. The molecule has 0 radical (unpaired) electrons. The summed E-state index contributed by atoms with van der Waals surface area (Å²) in [5.74, 6) is 0. The summed E-state index contributed by atoms with van der Waals surface area (Å²) >= 11 is 3.22. The molecule has 0 spiro atoms. The van der Waals surface area contributed by atoms with Crippen LogP contribution in [0.4, 0.5) is 5.69 Å². The van der Waals surface area contributed by atoms with Crippen LogP contribution in [0.1, 0.15) is 0 Å². The number of alkyl halides is 1. The van der Waals surface area contributed by atoms with Crippen LogP contribution in [0.5, 0.6) is 0 Å². The highest BCUT2D eigenvalue weighted by Gasteiger charge is 2.25. The van der Waals surface area contributed by atoms with Gasteiger partial charge in [0.05, 0.1) is 5.69 Å². The number of anilines is 1. The van der Waals surface area contributed by atoms with Crippen molar-refractivity contribution >= 4 is 31.6 Å². The van der Waals surface area contributed by atoms with Gasteiger partial charge in [0.25, 0.3) is 0 Å². The van der Waals surface area contributed by atoms with E-state index in [-0.39, 0.29) is 17.1 Å². The largest absolute Gasteiger partial charge is 0.291 e. The van der Waals surface area contributed by atoms with E-state index in [2.05, 4.69) is 22.5 Å². The minimum absolute atomic E-state index is 0.0373. The number of nitrogens with one attached hydrogen (secondary N) is 1. The van der Waals surface area contributed by atoms with Crippen molar-refractivity contribution in [1.82, 2.24) is 4.31 Å². The van der Waals surface area contributed by atoms with Crippen LogP contribution < -0.4 is 5.48 Å². The molecule has 0 saturated carbocycles. The zero-order chi connectivity index (χ0) is 13.6. The van der Waals surface area contributed by atoms with Crippen LogP contribution in [-0.4, -0.2) is 36.3 Å². The molecule has 0 unspecified atom stereocenters. The molecule has 0 aliphatic rings. The molecule has 0 fully saturated rings. The van der Waals surface area contributed by atoms with Gasteiger partial charge in [-0.25, -0.2) is 8.42 Å². The van der Waals surface area contributed by atoms with E-state index >= 15 is 0 Å². The topological polar surface area (TPSA) is 69.6 Å². The quantitative estimate of drug-likeness (QED) is 0.455. The third-order valence-corrected chi connectivity index (χ3v) is 4.57. The molecule has 18 heavy (non-hydrogen) atoms. The highest BCUT2D eigenvalue weighted by atomic mass is 79.9. The molecular formula is C11H15BrN2O3S. The first-order chi connectivity index (χ1) is 8.57. The molecule has 0 aliphatic carbocycles. The van der Waals surface area contributed by atoms with Gasteiger partial charge in [-0.05, 0) is 12.1 Å². The van der Waals surface area contributed by atoms with E-state index in [9.17, 15) is 8.42 Å². The van der Waals surface area contributed by atoms with Crippen molar-refractivity contribution in [3.05, 3.63) is 36.9 Å². The van der Waals surface area contributed by atoms with E-state index in [0.29, 0.717) is 11.9 Å². The molecule has 5 nitrogen and oxygen atoms in total. The number of sulfonamides is 1. The second-order valence-electron chi connectivity index (χ2n) is 3.45. The number of benzene rings is 1. The Labute approximate surface area is 115 Å². The predicted octanol–water partition coefficient (Wildman–Crippen LogP) is 2.06. The molecule has 7 heteroatoms. The maximum atomic E-state index is 12.4. The molecule has 0 bridgehead atoms. The maximum absolute atomic E-state index is 12.4. The Hall–Kier alpha value is -0.890. The van der Waals surface area contributed by atoms with E-state index in [4.69, 9.17) is 5.21 Å². The molecule has 0 amide bonds. The number of para-hydroxylation sites is 1. The lowest BCUT2D eigenvalue weighted by atomic mass is 10.3. The van der Waals surface area contributed by atoms with Crippen LogP contribution >= 0.6 is 15.9 Å². The molecule has 0 aliphatic heterocycles. The Bertz CT molecular complexity index is 505. The van der Waals surface area contributed by atoms with Crippen LogP contribution in [0.3, 0.4) is 0 Å². The Morgan fingerprint density at radius 1 is 1.44 bits per heavy atom. The van der Waals surface area contributed by atoms with Gasteiger partial charge in [-0.3, -0.25) is 10.7 Å². The van der Waals surface area contributed by atoms with Crippen LogP contribution in [-0.2, 0) is 10.0 Å². The minimum Gasteiger partial charge on any atom is -0.291 e. The molecular weight excluding hydrogens is 320 g/mol. The van der Waals surface area contributed by atoms with Crippen LogP contribution in [0, 0.1) is 0 Å². The second kappa shape index (κ2) is 6.89.